The Morgan fingerprint density at radius 3 is 2.55 bits per heavy atom. The monoisotopic (exact) mass is 280 g/mol. The zero-order valence-corrected chi connectivity index (χ0v) is 12.5. The fraction of sp³-hybridized carbons (Fsp3) is 0.533. The molecule has 5 heteroatoms. The quantitative estimate of drug-likeness (QED) is 0.655. The molecule has 1 unspecified atom stereocenters. The van der Waals surface area contributed by atoms with E-state index in [0.29, 0.717) is 5.56 Å². The lowest BCUT2D eigenvalue weighted by Crippen LogP contribution is -2.40. The van der Waals surface area contributed by atoms with E-state index in [-0.39, 0.29) is 24.6 Å². The number of carbonyl (C=O) groups is 1. The van der Waals surface area contributed by atoms with Crippen molar-refractivity contribution in [1.82, 2.24) is 5.32 Å². The molecule has 1 aromatic carbocycles. The van der Waals surface area contributed by atoms with Gasteiger partial charge in [0, 0.05) is 23.3 Å². The smallest absolute Gasteiger partial charge is 0.252 e. The Hall–Kier alpha value is -1.59. The summed E-state index contributed by atoms with van der Waals surface area (Å²) in [6.07, 6.45) is -0.818. The lowest BCUT2D eigenvalue weighted by atomic mass is 10.0. The van der Waals surface area contributed by atoms with Crippen LogP contribution in [0.25, 0.3) is 0 Å². The molecule has 0 bridgehead atoms. The zero-order chi connectivity index (χ0) is 15.3. The summed E-state index contributed by atoms with van der Waals surface area (Å²) in [4.78, 5) is 12.2. The van der Waals surface area contributed by atoms with Crippen LogP contribution in [0, 0.1) is 6.92 Å². The van der Waals surface area contributed by atoms with Gasteiger partial charge in [0.05, 0.1) is 12.7 Å². The molecule has 0 aliphatic rings. The summed E-state index contributed by atoms with van der Waals surface area (Å²) in [5.74, 6) is -0.124. The minimum absolute atomic E-state index is 0.124. The first kappa shape index (κ1) is 16.5. The first-order valence-corrected chi connectivity index (χ1v) is 6.69. The molecule has 0 saturated heterocycles. The van der Waals surface area contributed by atoms with Gasteiger partial charge in [-0.05, 0) is 45.4 Å². The van der Waals surface area contributed by atoms with E-state index in [1.807, 2.05) is 33.8 Å². The first-order chi connectivity index (χ1) is 9.24. The predicted molar refractivity (Wildman–Crippen MR) is 80.0 cm³/mol. The summed E-state index contributed by atoms with van der Waals surface area (Å²) < 4.78 is 0. The van der Waals surface area contributed by atoms with E-state index in [4.69, 9.17) is 5.11 Å². The summed E-state index contributed by atoms with van der Waals surface area (Å²) in [5, 5.41) is 24.1. The van der Waals surface area contributed by atoms with E-state index in [2.05, 4.69) is 10.6 Å². The molecule has 0 radical (unpaired) electrons. The predicted octanol–water partition coefficient (Wildman–Crippen LogP) is 1.29. The molecular weight excluding hydrogens is 256 g/mol. The number of hydrogen-bond acceptors (Lipinski definition) is 4. The van der Waals surface area contributed by atoms with Gasteiger partial charge in [-0.15, -0.1) is 0 Å². The van der Waals surface area contributed by atoms with Gasteiger partial charge in [-0.3, -0.25) is 4.79 Å². The van der Waals surface area contributed by atoms with E-state index in [0.717, 1.165) is 11.3 Å². The van der Waals surface area contributed by atoms with Crippen LogP contribution >= 0.6 is 0 Å². The molecule has 0 heterocycles. The highest BCUT2D eigenvalue weighted by Crippen LogP contribution is 2.19. The van der Waals surface area contributed by atoms with Crippen molar-refractivity contribution in [1.29, 1.82) is 0 Å². The summed E-state index contributed by atoms with van der Waals surface area (Å²) in [5.41, 5.74) is 1.90. The van der Waals surface area contributed by atoms with Gasteiger partial charge in [0.1, 0.15) is 0 Å². The van der Waals surface area contributed by atoms with Gasteiger partial charge in [0.15, 0.2) is 0 Å². The molecule has 1 amide bonds. The van der Waals surface area contributed by atoms with E-state index in [1.165, 1.54) is 0 Å². The number of amides is 1. The summed E-state index contributed by atoms with van der Waals surface area (Å²) in [6, 6.07) is 5.40. The van der Waals surface area contributed by atoms with Crippen LogP contribution in [0.2, 0.25) is 0 Å². The molecule has 0 aliphatic carbocycles. The van der Waals surface area contributed by atoms with Gasteiger partial charge in [-0.1, -0.05) is 6.07 Å². The van der Waals surface area contributed by atoms with E-state index in [1.54, 1.807) is 12.1 Å². The van der Waals surface area contributed by atoms with Gasteiger partial charge in [-0.2, -0.15) is 0 Å². The summed E-state index contributed by atoms with van der Waals surface area (Å²) in [6.45, 7) is 7.59. The fourth-order valence-electron chi connectivity index (χ4n) is 1.77. The number of nitrogens with one attached hydrogen (secondary N) is 2. The van der Waals surface area contributed by atoms with Crippen molar-refractivity contribution in [3.63, 3.8) is 0 Å². The van der Waals surface area contributed by atoms with Gasteiger partial charge in [0.2, 0.25) is 0 Å². The van der Waals surface area contributed by atoms with Crippen LogP contribution in [0.5, 0.6) is 0 Å². The third kappa shape index (κ3) is 4.83. The number of anilines is 1. The molecule has 4 N–H and O–H groups in total. The minimum atomic E-state index is -0.818. The minimum Gasteiger partial charge on any atom is -0.394 e. The van der Waals surface area contributed by atoms with E-state index in [9.17, 15) is 9.90 Å². The maximum atomic E-state index is 12.2. The maximum Gasteiger partial charge on any atom is 0.252 e. The normalized spacial score (nSPS) is 12.9. The molecule has 1 atom stereocenters. The molecule has 5 nitrogen and oxygen atoms in total. The molecule has 20 heavy (non-hydrogen) atoms. The lowest BCUT2D eigenvalue weighted by molar-refractivity contribution is 0.0919. The first-order valence-electron chi connectivity index (χ1n) is 6.69. The number of carbonyl (C=O) groups excluding carboxylic acids is 1. The Labute approximate surface area is 120 Å². The Kier molecular flexibility index (Phi) is 5.53. The van der Waals surface area contributed by atoms with Crippen molar-refractivity contribution in [2.75, 3.05) is 18.5 Å². The number of benzene rings is 1. The highest BCUT2D eigenvalue weighted by molar-refractivity contribution is 5.97. The third-order valence-electron chi connectivity index (χ3n) is 2.81. The lowest BCUT2D eigenvalue weighted by Gasteiger charge is -2.22. The highest BCUT2D eigenvalue weighted by Gasteiger charge is 2.17. The summed E-state index contributed by atoms with van der Waals surface area (Å²) >= 11 is 0. The third-order valence-corrected chi connectivity index (χ3v) is 2.81. The second-order valence-corrected chi connectivity index (χ2v) is 5.90. The molecule has 1 aromatic rings. The van der Waals surface area contributed by atoms with Crippen LogP contribution in [0.1, 0.15) is 36.7 Å². The molecule has 0 fully saturated rings. The van der Waals surface area contributed by atoms with Gasteiger partial charge in [-0.25, -0.2) is 0 Å². The van der Waals surface area contributed by atoms with Crippen molar-refractivity contribution in [2.45, 2.75) is 39.3 Å². The molecule has 0 spiro atoms. The second-order valence-electron chi connectivity index (χ2n) is 5.90. The molecule has 112 valence electrons. The molecule has 0 aliphatic heterocycles. The molecule has 0 aromatic heterocycles. The number of hydrogen-bond donors (Lipinski definition) is 4. The Balaban J connectivity index is 2.87. The molecule has 1 rings (SSSR count). The van der Waals surface area contributed by atoms with Crippen molar-refractivity contribution >= 4 is 11.6 Å². The van der Waals surface area contributed by atoms with Crippen LogP contribution in [-0.4, -0.2) is 40.9 Å². The Bertz CT molecular complexity index is 467. The molecular formula is C15H24N2O3. The van der Waals surface area contributed by atoms with E-state index >= 15 is 0 Å². The van der Waals surface area contributed by atoms with Crippen molar-refractivity contribution in [3.05, 3.63) is 29.3 Å². The fourth-order valence-corrected chi connectivity index (χ4v) is 1.77. The van der Waals surface area contributed by atoms with Crippen LogP contribution in [0.3, 0.4) is 0 Å². The zero-order valence-electron chi connectivity index (χ0n) is 12.5. The number of aliphatic hydroxyl groups excluding tert-OH is 2. The highest BCUT2D eigenvalue weighted by atomic mass is 16.3. The van der Waals surface area contributed by atoms with Crippen LogP contribution < -0.4 is 10.6 Å². The van der Waals surface area contributed by atoms with Crippen LogP contribution in [0.15, 0.2) is 18.2 Å². The molecule has 0 saturated carbocycles. The van der Waals surface area contributed by atoms with Crippen molar-refractivity contribution in [3.8, 4) is 0 Å². The van der Waals surface area contributed by atoms with Gasteiger partial charge in [0.25, 0.3) is 5.91 Å². The SMILES string of the molecule is Cc1c(NCC(O)CO)cccc1C(=O)NC(C)(C)C. The van der Waals surface area contributed by atoms with Crippen LogP contribution in [0.4, 0.5) is 5.69 Å². The van der Waals surface area contributed by atoms with Crippen molar-refractivity contribution < 1.29 is 15.0 Å². The number of aliphatic hydroxyl groups is 2. The second kappa shape index (κ2) is 6.72. The Morgan fingerprint density at radius 2 is 2.00 bits per heavy atom. The van der Waals surface area contributed by atoms with Gasteiger partial charge < -0.3 is 20.8 Å². The number of rotatable bonds is 5. The maximum absolute atomic E-state index is 12.2. The van der Waals surface area contributed by atoms with Gasteiger partial charge >= 0.3 is 0 Å². The summed E-state index contributed by atoms with van der Waals surface area (Å²) in [7, 11) is 0. The van der Waals surface area contributed by atoms with Crippen molar-refractivity contribution in [2.24, 2.45) is 0 Å². The van der Waals surface area contributed by atoms with Crippen LogP contribution in [-0.2, 0) is 0 Å². The van der Waals surface area contributed by atoms with E-state index < -0.39 is 6.10 Å². The average molecular weight is 280 g/mol. The topological polar surface area (TPSA) is 81.6 Å². The average Bonchev–Trinajstić information content (AvgIpc) is 2.34. The standard InChI is InChI=1S/C15H24N2O3/c1-10-12(14(20)17-15(2,3)4)6-5-7-13(10)16-8-11(19)9-18/h5-7,11,16,18-19H,8-9H2,1-4H3,(H,17,20). The Morgan fingerprint density at radius 1 is 1.35 bits per heavy atom. The largest absolute Gasteiger partial charge is 0.394 e.